The van der Waals surface area contributed by atoms with E-state index in [9.17, 15) is 0 Å². The molecule has 0 aliphatic heterocycles. The maximum Gasteiger partial charge on any atom is 0.0407 e. The zero-order valence-corrected chi connectivity index (χ0v) is 12.2. The van der Waals surface area contributed by atoms with Crippen molar-refractivity contribution in [2.45, 2.75) is 32.1 Å². The van der Waals surface area contributed by atoms with Crippen molar-refractivity contribution in [3.8, 4) is 0 Å². The van der Waals surface area contributed by atoms with Crippen molar-refractivity contribution in [3.05, 3.63) is 59.9 Å². The Bertz CT molecular complexity index is 423. The molecule has 1 heterocycles. The van der Waals surface area contributed by atoms with Gasteiger partial charge in [0.05, 0.1) is 0 Å². The lowest BCUT2D eigenvalue weighted by Crippen LogP contribution is -1.88. The van der Waals surface area contributed by atoms with Crippen LogP contribution in [0.4, 0.5) is 0 Å². The Morgan fingerprint density at radius 3 is 2.33 bits per heavy atom. The highest BCUT2D eigenvalue weighted by Crippen LogP contribution is 2.18. The Morgan fingerprint density at radius 1 is 1.00 bits per heavy atom. The number of rotatable bonds is 4. The average molecular weight is 259 g/mol. The molecule has 0 aliphatic rings. The van der Waals surface area contributed by atoms with E-state index in [2.05, 4.69) is 47.4 Å². The number of hydrogen-bond acceptors (Lipinski definition) is 2. The van der Waals surface area contributed by atoms with Crippen LogP contribution in [0.25, 0.3) is 0 Å². The molecule has 0 unspecified atom stereocenters. The molecule has 0 saturated carbocycles. The highest BCUT2D eigenvalue weighted by atomic mass is 32.2. The van der Waals surface area contributed by atoms with Gasteiger partial charge in [0, 0.05) is 22.5 Å². The number of hydrogen-bond donors (Lipinski definition) is 0. The van der Waals surface area contributed by atoms with E-state index in [1.165, 1.54) is 10.5 Å². The van der Waals surface area contributed by atoms with E-state index in [0.717, 1.165) is 17.9 Å². The van der Waals surface area contributed by atoms with Gasteiger partial charge < -0.3 is 0 Å². The molecule has 0 N–H and O–H groups in total. The van der Waals surface area contributed by atoms with Crippen molar-refractivity contribution in [3.63, 3.8) is 0 Å². The lowest BCUT2D eigenvalue weighted by molar-refractivity contribution is 1.13. The fourth-order valence-corrected chi connectivity index (χ4v) is 2.34. The average Bonchev–Trinajstić information content (AvgIpc) is 2.44. The summed E-state index contributed by atoms with van der Waals surface area (Å²) >= 11 is 1.86. The molecule has 1 aromatic heterocycles. The standard InChI is InChI=1S/C14H15NS.C2H6/c1-12-7-8-14(11-15-12)16-10-9-13-5-3-2-4-6-13;1-2/h2-8,11H,9-10H2,1H3;1-2H3. The Balaban J connectivity index is 0.000000771. The zero-order valence-electron chi connectivity index (χ0n) is 11.4. The molecule has 0 bridgehead atoms. The van der Waals surface area contributed by atoms with Crippen LogP contribution >= 0.6 is 11.8 Å². The van der Waals surface area contributed by atoms with E-state index in [-0.39, 0.29) is 0 Å². The van der Waals surface area contributed by atoms with Crippen molar-refractivity contribution >= 4 is 11.8 Å². The zero-order chi connectivity index (χ0) is 13.2. The van der Waals surface area contributed by atoms with Gasteiger partial charge in [0.2, 0.25) is 0 Å². The molecule has 2 aromatic rings. The molecule has 96 valence electrons. The van der Waals surface area contributed by atoms with Crippen LogP contribution in [-0.4, -0.2) is 10.7 Å². The maximum absolute atomic E-state index is 4.28. The van der Waals surface area contributed by atoms with Crippen LogP contribution < -0.4 is 0 Å². The predicted molar refractivity (Wildman–Crippen MR) is 81.2 cm³/mol. The van der Waals surface area contributed by atoms with Crippen molar-refractivity contribution in [2.24, 2.45) is 0 Å². The van der Waals surface area contributed by atoms with E-state index in [4.69, 9.17) is 0 Å². The second kappa shape index (κ2) is 8.76. The summed E-state index contributed by atoms with van der Waals surface area (Å²) in [5, 5.41) is 0. The Hall–Kier alpha value is -1.28. The van der Waals surface area contributed by atoms with Gasteiger partial charge in [-0.15, -0.1) is 11.8 Å². The van der Waals surface area contributed by atoms with Gasteiger partial charge in [-0.05, 0) is 31.0 Å². The maximum atomic E-state index is 4.28. The fraction of sp³-hybridized carbons (Fsp3) is 0.312. The molecule has 1 nitrogen and oxygen atoms in total. The van der Waals surface area contributed by atoms with Gasteiger partial charge in [-0.3, -0.25) is 4.98 Å². The first-order valence-electron chi connectivity index (χ1n) is 6.44. The van der Waals surface area contributed by atoms with Crippen LogP contribution in [0.5, 0.6) is 0 Å². The summed E-state index contributed by atoms with van der Waals surface area (Å²) in [7, 11) is 0. The summed E-state index contributed by atoms with van der Waals surface area (Å²) in [6.45, 7) is 6.01. The van der Waals surface area contributed by atoms with Crippen molar-refractivity contribution < 1.29 is 0 Å². The van der Waals surface area contributed by atoms with Gasteiger partial charge in [0.15, 0.2) is 0 Å². The number of pyridine rings is 1. The number of thioether (sulfide) groups is 1. The van der Waals surface area contributed by atoms with E-state index >= 15 is 0 Å². The Labute approximate surface area is 115 Å². The monoisotopic (exact) mass is 259 g/mol. The molecule has 18 heavy (non-hydrogen) atoms. The van der Waals surface area contributed by atoms with Gasteiger partial charge in [-0.1, -0.05) is 44.2 Å². The molecule has 0 aliphatic carbocycles. The first-order chi connectivity index (χ1) is 8.84. The van der Waals surface area contributed by atoms with Crippen LogP contribution in [0.3, 0.4) is 0 Å². The third-order valence-corrected chi connectivity index (χ3v) is 3.37. The summed E-state index contributed by atoms with van der Waals surface area (Å²) in [4.78, 5) is 5.54. The predicted octanol–water partition coefficient (Wildman–Crippen LogP) is 4.75. The summed E-state index contributed by atoms with van der Waals surface area (Å²) in [6.07, 6.45) is 3.06. The van der Waals surface area contributed by atoms with Crippen LogP contribution in [-0.2, 0) is 6.42 Å². The molecule has 0 amide bonds. The van der Waals surface area contributed by atoms with Gasteiger partial charge in [-0.2, -0.15) is 0 Å². The molecular formula is C16H21NS. The minimum Gasteiger partial charge on any atom is -0.260 e. The van der Waals surface area contributed by atoms with Crippen LogP contribution in [0.2, 0.25) is 0 Å². The van der Waals surface area contributed by atoms with E-state index in [0.29, 0.717) is 0 Å². The molecule has 2 heteroatoms. The van der Waals surface area contributed by atoms with Crippen molar-refractivity contribution in [1.82, 2.24) is 4.98 Å². The molecule has 0 spiro atoms. The van der Waals surface area contributed by atoms with Crippen LogP contribution in [0, 0.1) is 6.92 Å². The minimum atomic E-state index is 1.08. The highest BCUT2D eigenvalue weighted by Gasteiger charge is 1.95. The lowest BCUT2D eigenvalue weighted by atomic mass is 10.2. The third kappa shape index (κ3) is 5.37. The summed E-state index contributed by atoms with van der Waals surface area (Å²) < 4.78 is 0. The second-order valence-corrected chi connectivity index (χ2v) is 4.89. The SMILES string of the molecule is CC.Cc1ccc(SCCc2ccccc2)cn1. The fourth-order valence-electron chi connectivity index (χ4n) is 1.47. The first-order valence-corrected chi connectivity index (χ1v) is 7.42. The van der Waals surface area contributed by atoms with E-state index in [1.807, 2.05) is 38.7 Å². The molecule has 0 radical (unpaired) electrons. The molecule has 0 atom stereocenters. The molecule has 2 rings (SSSR count). The number of nitrogens with zero attached hydrogens (tertiary/aromatic N) is 1. The quantitative estimate of drug-likeness (QED) is 0.735. The van der Waals surface area contributed by atoms with Crippen LogP contribution in [0.1, 0.15) is 25.1 Å². The number of aryl methyl sites for hydroxylation is 2. The Morgan fingerprint density at radius 2 is 1.72 bits per heavy atom. The third-order valence-electron chi connectivity index (χ3n) is 2.39. The van der Waals surface area contributed by atoms with Crippen molar-refractivity contribution in [1.29, 1.82) is 0 Å². The second-order valence-electron chi connectivity index (χ2n) is 3.72. The highest BCUT2D eigenvalue weighted by molar-refractivity contribution is 7.99. The van der Waals surface area contributed by atoms with Crippen molar-refractivity contribution in [2.75, 3.05) is 5.75 Å². The first kappa shape index (κ1) is 14.8. The van der Waals surface area contributed by atoms with Gasteiger partial charge >= 0.3 is 0 Å². The van der Waals surface area contributed by atoms with Gasteiger partial charge in [-0.25, -0.2) is 0 Å². The minimum absolute atomic E-state index is 1.08. The molecule has 0 fully saturated rings. The molecular weight excluding hydrogens is 238 g/mol. The van der Waals surface area contributed by atoms with E-state index in [1.54, 1.807) is 0 Å². The van der Waals surface area contributed by atoms with Gasteiger partial charge in [0.25, 0.3) is 0 Å². The number of benzene rings is 1. The summed E-state index contributed by atoms with van der Waals surface area (Å²) in [5.74, 6) is 1.11. The topological polar surface area (TPSA) is 12.9 Å². The summed E-state index contributed by atoms with van der Waals surface area (Å²) in [6, 6.07) is 14.8. The Kier molecular flexibility index (Phi) is 7.19. The van der Waals surface area contributed by atoms with E-state index < -0.39 is 0 Å². The normalized spacial score (nSPS) is 9.50. The van der Waals surface area contributed by atoms with Gasteiger partial charge in [0.1, 0.15) is 0 Å². The summed E-state index contributed by atoms with van der Waals surface area (Å²) in [5.41, 5.74) is 2.47. The van der Waals surface area contributed by atoms with Crippen LogP contribution in [0.15, 0.2) is 53.6 Å². The molecule has 0 saturated heterocycles. The largest absolute Gasteiger partial charge is 0.260 e. The molecule has 1 aromatic carbocycles. The smallest absolute Gasteiger partial charge is 0.0407 e. The number of aromatic nitrogens is 1. The lowest BCUT2D eigenvalue weighted by Gasteiger charge is -2.02.